The van der Waals surface area contributed by atoms with E-state index >= 15 is 0 Å². The van der Waals surface area contributed by atoms with Gasteiger partial charge in [-0.1, -0.05) is 0 Å². The number of aromatic nitrogens is 2. The molecule has 2 N–H and O–H groups in total. The van der Waals surface area contributed by atoms with Crippen molar-refractivity contribution in [2.75, 3.05) is 13.6 Å². The molecule has 1 heterocycles. The topological polar surface area (TPSA) is 59.0 Å². The molecule has 0 radical (unpaired) electrons. The quantitative estimate of drug-likeness (QED) is 0.644. The van der Waals surface area contributed by atoms with Crippen molar-refractivity contribution in [3.63, 3.8) is 0 Å². The molecule has 0 unspecified atom stereocenters. The van der Waals surface area contributed by atoms with Gasteiger partial charge in [-0.05, 0) is 13.1 Å². The van der Waals surface area contributed by atoms with Crippen molar-refractivity contribution in [1.29, 1.82) is 0 Å². The smallest absolute Gasteiger partial charge is 0.234 e. The Morgan fingerprint density at radius 2 is 2.46 bits per heavy atom. The summed E-state index contributed by atoms with van der Waals surface area (Å²) in [6.07, 6.45) is 1.71. The number of aryl methyl sites for hydroxylation is 1. The molecule has 0 bridgehead atoms. The highest BCUT2D eigenvalue weighted by molar-refractivity contribution is 5.77. The first kappa shape index (κ1) is 9.73. The normalized spacial score (nSPS) is 10.0. The fourth-order valence-corrected chi connectivity index (χ4v) is 0.987. The minimum absolute atomic E-state index is 0.0105. The first-order valence-electron chi connectivity index (χ1n) is 4.12. The number of rotatable bonds is 4. The molecule has 72 valence electrons. The fourth-order valence-electron chi connectivity index (χ4n) is 0.987. The standard InChI is InChI=1S/C8H14N4O/c1-9-6-8(13)10-5-7-3-4-11-12(7)2/h3-4,9H,5-6H2,1-2H3,(H,10,13). The number of nitrogens with one attached hydrogen (secondary N) is 2. The van der Waals surface area contributed by atoms with Crippen LogP contribution in [0.1, 0.15) is 5.69 Å². The van der Waals surface area contributed by atoms with Crippen LogP contribution >= 0.6 is 0 Å². The number of likely N-dealkylation sites (N-methyl/N-ethyl adjacent to an activating group) is 1. The molecule has 13 heavy (non-hydrogen) atoms. The molecule has 0 saturated heterocycles. The van der Waals surface area contributed by atoms with Crippen molar-refractivity contribution in [1.82, 2.24) is 20.4 Å². The summed E-state index contributed by atoms with van der Waals surface area (Å²) in [6.45, 7) is 0.870. The van der Waals surface area contributed by atoms with Crippen molar-refractivity contribution >= 4 is 5.91 Å². The SMILES string of the molecule is CNCC(=O)NCc1ccnn1C. The van der Waals surface area contributed by atoms with Crippen LogP contribution in [-0.4, -0.2) is 29.3 Å². The number of nitrogens with zero attached hydrogens (tertiary/aromatic N) is 2. The van der Waals surface area contributed by atoms with Crippen molar-refractivity contribution in [2.45, 2.75) is 6.54 Å². The van der Waals surface area contributed by atoms with Crippen LogP contribution in [0.4, 0.5) is 0 Å². The number of amides is 1. The summed E-state index contributed by atoms with van der Waals surface area (Å²) < 4.78 is 1.74. The maximum atomic E-state index is 11.0. The average molecular weight is 182 g/mol. The van der Waals surface area contributed by atoms with Crippen LogP contribution in [-0.2, 0) is 18.4 Å². The van der Waals surface area contributed by atoms with E-state index in [4.69, 9.17) is 0 Å². The van der Waals surface area contributed by atoms with E-state index in [1.807, 2.05) is 13.1 Å². The number of carbonyl (C=O) groups excluding carboxylic acids is 1. The van der Waals surface area contributed by atoms with Gasteiger partial charge < -0.3 is 10.6 Å². The van der Waals surface area contributed by atoms with E-state index in [-0.39, 0.29) is 5.91 Å². The van der Waals surface area contributed by atoms with Gasteiger partial charge in [0.25, 0.3) is 0 Å². The van der Waals surface area contributed by atoms with Gasteiger partial charge in [0, 0.05) is 13.2 Å². The van der Waals surface area contributed by atoms with Crippen molar-refractivity contribution in [3.8, 4) is 0 Å². The lowest BCUT2D eigenvalue weighted by Gasteiger charge is -2.04. The molecular formula is C8H14N4O. The Morgan fingerprint density at radius 1 is 1.69 bits per heavy atom. The molecule has 0 saturated carbocycles. The summed E-state index contributed by atoms with van der Waals surface area (Å²) in [5.74, 6) is -0.0105. The molecule has 5 nitrogen and oxygen atoms in total. The van der Waals surface area contributed by atoms with Gasteiger partial charge in [-0.3, -0.25) is 9.48 Å². The summed E-state index contributed by atoms with van der Waals surface area (Å²) in [4.78, 5) is 11.0. The summed E-state index contributed by atoms with van der Waals surface area (Å²) in [5, 5.41) is 9.53. The fraction of sp³-hybridized carbons (Fsp3) is 0.500. The Bertz CT molecular complexity index is 281. The zero-order valence-corrected chi connectivity index (χ0v) is 7.87. The second kappa shape index (κ2) is 4.61. The molecule has 1 amide bonds. The molecule has 0 spiro atoms. The Labute approximate surface area is 77.1 Å². The van der Waals surface area contributed by atoms with Crippen LogP contribution < -0.4 is 10.6 Å². The maximum Gasteiger partial charge on any atom is 0.234 e. The predicted molar refractivity (Wildman–Crippen MR) is 49.0 cm³/mol. The lowest BCUT2D eigenvalue weighted by Crippen LogP contribution is -2.32. The van der Waals surface area contributed by atoms with Crippen LogP contribution in [0.5, 0.6) is 0 Å². The van der Waals surface area contributed by atoms with Gasteiger partial charge in [-0.2, -0.15) is 5.10 Å². The summed E-state index contributed by atoms with van der Waals surface area (Å²) in [5.41, 5.74) is 0.990. The lowest BCUT2D eigenvalue weighted by molar-refractivity contribution is -0.120. The highest BCUT2D eigenvalue weighted by Crippen LogP contribution is 1.94. The molecule has 0 atom stereocenters. The Kier molecular flexibility index (Phi) is 3.45. The van der Waals surface area contributed by atoms with E-state index in [1.54, 1.807) is 17.9 Å². The second-order valence-corrected chi connectivity index (χ2v) is 2.75. The van der Waals surface area contributed by atoms with E-state index in [0.717, 1.165) is 5.69 Å². The minimum atomic E-state index is -0.0105. The first-order chi connectivity index (χ1) is 6.24. The predicted octanol–water partition coefficient (Wildman–Crippen LogP) is -0.744. The van der Waals surface area contributed by atoms with Gasteiger partial charge in [0.1, 0.15) is 0 Å². The number of hydrogen-bond acceptors (Lipinski definition) is 3. The van der Waals surface area contributed by atoms with Gasteiger partial charge in [0.05, 0.1) is 18.8 Å². The summed E-state index contributed by atoms with van der Waals surface area (Å²) in [6, 6.07) is 1.87. The third kappa shape index (κ3) is 2.87. The molecule has 0 aromatic carbocycles. The molecule has 5 heteroatoms. The van der Waals surface area contributed by atoms with Gasteiger partial charge in [0.2, 0.25) is 5.91 Å². The zero-order chi connectivity index (χ0) is 9.68. The first-order valence-corrected chi connectivity index (χ1v) is 4.12. The van der Waals surface area contributed by atoms with Gasteiger partial charge in [0.15, 0.2) is 0 Å². The third-order valence-corrected chi connectivity index (χ3v) is 1.73. The van der Waals surface area contributed by atoms with Gasteiger partial charge >= 0.3 is 0 Å². The largest absolute Gasteiger partial charge is 0.349 e. The van der Waals surface area contributed by atoms with Gasteiger partial charge in [-0.15, -0.1) is 0 Å². The Hall–Kier alpha value is -1.36. The molecule has 1 aromatic rings. The number of carbonyl (C=O) groups is 1. The van der Waals surface area contributed by atoms with Crippen LogP contribution in [0, 0.1) is 0 Å². The van der Waals surface area contributed by atoms with E-state index in [1.165, 1.54) is 0 Å². The monoisotopic (exact) mass is 182 g/mol. The minimum Gasteiger partial charge on any atom is -0.349 e. The molecule has 0 aliphatic heterocycles. The van der Waals surface area contributed by atoms with Crippen LogP contribution in [0.15, 0.2) is 12.3 Å². The molecule has 0 fully saturated rings. The van der Waals surface area contributed by atoms with Crippen molar-refractivity contribution < 1.29 is 4.79 Å². The van der Waals surface area contributed by atoms with Crippen molar-refractivity contribution in [3.05, 3.63) is 18.0 Å². The van der Waals surface area contributed by atoms with E-state index < -0.39 is 0 Å². The lowest BCUT2D eigenvalue weighted by atomic mass is 10.4. The summed E-state index contributed by atoms with van der Waals surface area (Å²) >= 11 is 0. The number of hydrogen-bond donors (Lipinski definition) is 2. The second-order valence-electron chi connectivity index (χ2n) is 2.75. The van der Waals surface area contributed by atoms with E-state index in [0.29, 0.717) is 13.1 Å². The van der Waals surface area contributed by atoms with Crippen LogP contribution in [0.3, 0.4) is 0 Å². The molecular weight excluding hydrogens is 168 g/mol. The molecule has 1 rings (SSSR count). The van der Waals surface area contributed by atoms with Crippen LogP contribution in [0.25, 0.3) is 0 Å². The van der Waals surface area contributed by atoms with E-state index in [2.05, 4.69) is 15.7 Å². The molecule has 0 aliphatic carbocycles. The van der Waals surface area contributed by atoms with Crippen molar-refractivity contribution in [2.24, 2.45) is 7.05 Å². The highest BCUT2D eigenvalue weighted by atomic mass is 16.1. The average Bonchev–Trinajstić information content (AvgIpc) is 2.48. The molecule has 1 aromatic heterocycles. The summed E-state index contributed by atoms with van der Waals surface area (Å²) in [7, 11) is 3.59. The molecule has 0 aliphatic rings. The Morgan fingerprint density at radius 3 is 3.00 bits per heavy atom. The maximum absolute atomic E-state index is 11.0. The highest BCUT2D eigenvalue weighted by Gasteiger charge is 2.01. The third-order valence-electron chi connectivity index (χ3n) is 1.73. The van der Waals surface area contributed by atoms with E-state index in [9.17, 15) is 4.79 Å². The Balaban J connectivity index is 2.35. The van der Waals surface area contributed by atoms with Gasteiger partial charge in [-0.25, -0.2) is 0 Å². The zero-order valence-electron chi connectivity index (χ0n) is 7.87. The van der Waals surface area contributed by atoms with Crippen LogP contribution in [0.2, 0.25) is 0 Å².